The zero-order valence-electron chi connectivity index (χ0n) is 10.9. The van der Waals surface area contributed by atoms with Gasteiger partial charge in [-0.2, -0.15) is 5.10 Å². The van der Waals surface area contributed by atoms with Crippen molar-refractivity contribution < 1.29 is 8.78 Å². The molecular formula is C13H16ClF2N3. The summed E-state index contributed by atoms with van der Waals surface area (Å²) in [6.07, 6.45) is 0. The van der Waals surface area contributed by atoms with Crippen LogP contribution >= 0.6 is 12.4 Å². The lowest BCUT2D eigenvalue weighted by Gasteiger charge is -2.14. The number of nitrogens with two attached hydrogens (primary N) is 1. The van der Waals surface area contributed by atoms with Crippen LogP contribution in [0.1, 0.15) is 26.5 Å². The predicted octanol–water partition coefficient (Wildman–Crippen LogP) is 3.45. The van der Waals surface area contributed by atoms with Gasteiger partial charge < -0.3 is 5.73 Å². The van der Waals surface area contributed by atoms with Crippen LogP contribution in [0.5, 0.6) is 0 Å². The van der Waals surface area contributed by atoms with Crippen LogP contribution in [0.25, 0.3) is 5.69 Å². The first-order valence-electron chi connectivity index (χ1n) is 5.60. The highest BCUT2D eigenvalue weighted by Crippen LogP contribution is 2.25. The molecule has 0 saturated carbocycles. The first kappa shape index (κ1) is 15.4. The van der Waals surface area contributed by atoms with Crippen molar-refractivity contribution in [3.8, 4) is 5.69 Å². The second-order valence-corrected chi connectivity index (χ2v) is 5.24. The molecule has 0 aliphatic rings. The average molecular weight is 288 g/mol. The van der Waals surface area contributed by atoms with Crippen molar-refractivity contribution in [2.24, 2.45) is 0 Å². The van der Waals surface area contributed by atoms with E-state index < -0.39 is 11.6 Å². The van der Waals surface area contributed by atoms with Crippen molar-refractivity contribution in [1.29, 1.82) is 0 Å². The summed E-state index contributed by atoms with van der Waals surface area (Å²) in [7, 11) is 0. The molecule has 0 aliphatic heterocycles. The van der Waals surface area contributed by atoms with Crippen molar-refractivity contribution in [1.82, 2.24) is 9.78 Å². The van der Waals surface area contributed by atoms with Gasteiger partial charge >= 0.3 is 0 Å². The smallest absolute Gasteiger partial charge is 0.128 e. The SMILES string of the molecule is CC(C)(C)c1cc(N)n(-c2cc(F)cc(F)c2)n1.Cl. The van der Waals surface area contributed by atoms with Crippen LogP contribution < -0.4 is 5.73 Å². The Bertz CT molecular complexity index is 568. The second kappa shape index (κ2) is 5.17. The highest BCUT2D eigenvalue weighted by Gasteiger charge is 2.19. The van der Waals surface area contributed by atoms with Crippen molar-refractivity contribution in [2.45, 2.75) is 26.2 Å². The van der Waals surface area contributed by atoms with E-state index >= 15 is 0 Å². The summed E-state index contributed by atoms with van der Waals surface area (Å²) in [6, 6.07) is 4.91. The average Bonchev–Trinajstić information content (AvgIpc) is 2.58. The molecule has 19 heavy (non-hydrogen) atoms. The van der Waals surface area contributed by atoms with E-state index in [9.17, 15) is 8.78 Å². The Morgan fingerprint density at radius 2 is 1.58 bits per heavy atom. The predicted molar refractivity (Wildman–Crippen MR) is 73.8 cm³/mol. The summed E-state index contributed by atoms with van der Waals surface area (Å²) in [5.41, 5.74) is 6.70. The molecule has 0 fully saturated rings. The van der Waals surface area contributed by atoms with Gasteiger partial charge in [-0.25, -0.2) is 13.5 Å². The van der Waals surface area contributed by atoms with Crippen LogP contribution in [0, 0.1) is 11.6 Å². The molecule has 1 heterocycles. The maximum absolute atomic E-state index is 13.2. The first-order chi connectivity index (χ1) is 8.27. The molecule has 6 heteroatoms. The first-order valence-corrected chi connectivity index (χ1v) is 5.60. The summed E-state index contributed by atoms with van der Waals surface area (Å²) in [4.78, 5) is 0. The minimum atomic E-state index is -0.655. The lowest BCUT2D eigenvalue weighted by Crippen LogP contribution is -2.12. The fraction of sp³-hybridized carbons (Fsp3) is 0.308. The maximum Gasteiger partial charge on any atom is 0.128 e. The summed E-state index contributed by atoms with van der Waals surface area (Å²) < 4.78 is 27.7. The second-order valence-electron chi connectivity index (χ2n) is 5.24. The summed E-state index contributed by atoms with van der Waals surface area (Å²) in [5.74, 6) is -0.959. The Morgan fingerprint density at radius 3 is 2.00 bits per heavy atom. The molecule has 0 saturated heterocycles. The van der Waals surface area contributed by atoms with E-state index in [1.807, 2.05) is 20.8 Å². The molecule has 1 aromatic heterocycles. The summed E-state index contributed by atoms with van der Waals surface area (Å²) in [6.45, 7) is 5.97. The molecule has 1 aromatic carbocycles. The van der Waals surface area contributed by atoms with Gasteiger partial charge in [-0.3, -0.25) is 0 Å². The van der Waals surface area contributed by atoms with E-state index in [0.717, 1.165) is 11.8 Å². The van der Waals surface area contributed by atoms with Crippen molar-refractivity contribution >= 4 is 18.2 Å². The molecule has 2 aromatic rings. The van der Waals surface area contributed by atoms with E-state index in [1.165, 1.54) is 16.8 Å². The van der Waals surface area contributed by atoms with Crippen LogP contribution in [-0.4, -0.2) is 9.78 Å². The van der Waals surface area contributed by atoms with Crippen LogP contribution in [0.3, 0.4) is 0 Å². The highest BCUT2D eigenvalue weighted by molar-refractivity contribution is 5.85. The van der Waals surface area contributed by atoms with Gasteiger partial charge in [0.15, 0.2) is 0 Å². The van der Waals surface area contributed by atoms with E-state index in [0.29, 0.717) is 5.82 Å². The van der Waals surface area contributed by atoms with E-state index in [4.69, 9.17) is 5.73 Å². The molecule has 104 valence electrons. The third-order valence-electron chi connectivity index (χ3n) is 2.60. The van der Waals surface area contributed by atoms with E-state index in [-0.39, 0.29) is 23.5 Å². The zero-order chi connectivity index (χ0) is 13.5. The largest absolute Gasteiger partial charge is 0.384 e. The highest BCUT2D eigenvalue weighted by atomic mass is 35.5. The quantitative estimate of drug-likeness (QED) is 0.873. The molecular weight excluding hydrogens is 272 g/mol. The fourth-order valence-electron chi connectivity index (χ4n) is 1.63. The standard InChI is InChI=1S/C13H15F2N3.ClH/c1-13(2,3)11-7-12(16)18(17-11)10-5-8(14)4-9(15)6-10;/h4-7H,16H2,1-3H3;1H. The minimum absolute atomic E-state index is 0. The number of benzene rings is 1. The minimum Gasteiger partial charge on any atom is -0.384 e. The van der Waals surface area contributed by atoms with Gasteiger partial charge in [0.25, 0.3) is 0 Å². The van der Waals surface area contributed by atoms with Gasteiger partial charge in [0.2, 0.25) is 0 Å². The molecule has 2 N–H and O–H groups in total. The summed E-state index contributed by atoms with van der Waals surface area (Å²) in [5, 5.41) is 4.29. The van der Waals surface area contributed by atoms with Gasteiger partial charge in [-0.1, -0.05) is 20.8 Å². The molecule has 0 bridgehead atoms. The molecule has 0 aliphatic carbocycles. The Morgan fingerprint density at radius 1 is 1.05 bits per heavy atom. The van der Waals surface area contributed by atoms with Crippen LogP contribution in [0.4, 0.5) is 14.6 Å². The third-order valence-corrected chi connectivity index (χ3v) is 2.60. The number of rotatable bonds is 1. The number of anilines is 1. The van der Waals surface area contributed by atoms with Crippen molar-refractivity contribution in [3.63, 3.8) is 0 Å². The lowest BCUT2D eigenvalue weighted by atomic mass is 9.92. The third kappa shape index (κ3) is 3.23. The van der Waals surface area contributed by atoms with Gasteiger partial charge in [-0.15, -0.1) is 12.4 Å². The van der Waals surface area contributed by atoms with E-state index in [2.05, 4.69) is 5.10 Å². The van der Waals surface area contributed by atoms with Crippen LogP contribution in [0.15, 0.2) is 24.3 Å². The number of hydrogen-bond donors (Lipinski definition) is 1. The van der Waals surface area contributed by atoms with Gasteiger partial charge in [-0.05, 0) is 12.1 Å². The molecule has 3 nitrogen and oxygen atoms in total. The Kier molecular flexibility index (Phi) is 4.20. The molecule has 0 amide bonds. The zero-order valence-corrected chi connectivity index (χ0v) is 11.8. The van der Waals surface area contributed by atoms with Crippen LogP contribution in [0.2, 0.25) is 0 Å². The van der Waals surface area contributed by atoms with Crippen LogP contribution in [-0.2, 0) is 5.41 Å². The molecule has 0 atom stereocenters. The normalized spacial score (nSPS) is 11.2. The Hall–Kier alpha value is -1.62. The van der Waals surface area contributed by atoms with Crippen molar-refractivity contribution in [3.05, 3.63) is 41.6 Å². The monoisotopic (exact) mass is 287 g/mol. The number of aromatic nitrogens is 2. The number of hydrogen-bond acceptors (Lipinski definition) is 2. The van der Waals surface area contributed by atoms with Gasteiger partial charge in [0, 0.05) is 17.5 Å². The van der Waals surface area contributed by atoms with Gasteiger partial charge in [0.1, 0.15) is 17.5 Å². The number of halogens is 3. The number of nitrogen functional groups attached to an aromatic ring is 1. The fourth-order valence-corrected chi connectivity index (χ4v) is 1.63. The summed E-state index contributed by atoms with van der Waals surface area (Å²) >= 11 is 0. The molecule has 0 radical (unpaired) electrons. The lowest BCUT2D eigenvalue weighted by molar-refractivity contribution is 0.557. The topological polar surface area (TPSA) is 43.8 Å². The Balaban J connectivity index is 0.00000180. The molecule has 0 unspecified atom stereocenters. The maximum atomic E-state index is 13.2. The van der Waals surface area contributed by atoms with Crippen molar-refractivity contribution in [2.75, 3.05) is 5.73 Å². The molecule has 0 spiro atoms. The molecule has 2 rings (SSSR count). The van der Waals surface area contributed by atoms with Gasteiger partial charge in [0.05, 0.1) is 11.4 Å². The Labute approximate surface area is 116 Å². The number of nitrogens with zero attached hydrogens (tertiary/aromatic N) is 2. The van der Waals surface area contributed by atoms with E-state index in [1.54, 1.807) is 6.07 Å².